The molecule has 4 aromatic rings. The maximum atomic E-state index is 13.6. The number of nitrogens with zero attached hydrogens (tertiary/aromatic N) is 7. The largest absolute Gasteiger partial charge is 0.856 e. The summed E-state index contributed by atoms with van der Waals surface area (Å²) >= 11 is 2.55. The van der Waals surface area contributed by atoms with Gasteiger partial charge in [0.1, 0.15) is 5.69 Å². The van der Waals surface area contributed by atoms with E-state index in [2.05, 4.69) is 66.9 Å². The van der Waals surface area contributed by atoms with Gasteiger partial charge in [-0.3, -0.25) is 10.2 Å². The van der Waals surface area contributed by atoms with Crippen molar-refractivity contribution in [1.82, 2.24) is 30.7 Å². The summed E-state index contributed by atoms with van der Waals surface area (Å²) in [7, 11) is -2.76. The van der Waals surface area contributed by atoms with Crippen molar-refractivity contribution in [1.29, 1.82) is 0 Å². The minimum Gasteiger partial charge on any atom is -0.856 e. The lowest BCUT2D eigenvalue weighted by Crippen LogP contribution is -2.54. The molecule has 2 heterocycles. The first kappa shape index (κ1) is 32.1. The van der Waals surface area contributed by atoms with Gasteiger partial charge in [0.25, 0.3) is 0 Å². The monoisotopic (exact) mass is 659 g/mol. The normalized spacial score (nSPS) is 13.8. The summed E-state index contributed by atoms with van der Waals surface area (Å²) < 4.78 is 3.41. The zero-order chi connectivity index (χ0) is 32.0. The smallest absolute Gasteiger partial charge is 0.433 e. The van der Waals surface area contributed by atoms with Gasteiger partial charge in [0, 0.05) is 32.6 Å². The first-order chi connectivity index (χ1) is 21.9. The molecule has 0 bridgehead atoms. The highest BCUT2D eigenvalue weighted by Gasteiger charge is 2.37. The van der Waals surface area contributed by atoms with Gasteiger partial charge in [-0.2, -0.15) is 10.4 Å². The number of hydrazone groups is 1. The number of hydrazine groups is 1. The van der Waals surface area contributed by atoms with Crippen molar-refractivity contribution >= 4 is 57.6 Å². The van der Waals surface area contributed by atoms with E-state index in [1.165, 1.54) is 33.2 Å². The van der Waals surface area contributed by atoms with Crippen LogP contribution < -0.4 is 37.4 Å². The van der Waals surface area contributed by atoms with E-state index in [9.17, 15) is 9.90 Å². The number of benzene rings is 3. The van der Waals surface area contributed by atoms with Crippen molar-refractivity contribution in [2.24, 2.45) is 10.2 Å². The van der Waals surface area contributed by atoms with Crippen LogP contribution in [0.3, 0.4) is 0 Å². The minimum absolute atomic E-state index is 0.197. The highest BCUT2D eigenvalue weighted by atomic mass is 32.2. The number of aryl methyl sites for hydroxylation is 1. The third-order valence-corrected chi connectivity index (χ3v) is 12.7. The Kier molecular flexibility index (Phi) is 10.1. The van der Waals surface area contributed by atoms with E-state index in [1.807, 2.05) is 67.8 Å². The van der Waals surface area contributed by atoms with E-state index >= 15 is 0 Å². The summed E-state index contributed by atoms with van der Waals surface area (Å²) in [6.45, 7) is 5.75. The highest BCUT2D eigenvalue weighted by Crippen LogP contribution is 2.46. The molecule has 2 N–H and O–H groups in total. The zero-order valence-electron chi connectivity index (χ0n) is 25.6. The molecule has 0 aliphatic carbocycles. The van der Waals surface area contributed by atoms with E-state index in [4.69, 9.17) is 5.10 Å². The van der Waals surface area contributed by atoms with Crippen LogP contribution in [0.15, 0.2) is 123 Å². The zero-order valence-corrected chi connectivity index (χ0v) is 28.1. The Balaban J connectivity index is 1.99. The SMILES string of the molecule is CC[N+](/C(=N\n1c(SC)nnc(C)c1=O)NN1C(SC)=NNC(C)=C1[O-])=P(c1ccccc1)(c1ccccc1)c1ccccc1. The van der Waals surface area contributed by atoms with E-state index < -0.39 is 12.6 Å². The molecular weight excluding hydrogens is 626 g/mol. The number of guanidine groups is 1. The second-order valence-electron chi connectivity index (χ2n) is 9.76. The summed E-state index contributed by atoms with van der Waals surface area (Å²) in [4.78, 5) is 13.6. The van der Waals surface area contributed by atoms with Crippen molar-refractivity contribution in [2.75, 3.05) is 19.1 Å². The van der Waals surface area contributed by atoms with Gasteiger partial charge in [-0.1, -0.05) is 115 Å². The predicted molar refractivity (Wildman–Crippen MR) is 183 cm³/mol. The van der Waals surface area contributed by atoms with Gasteiger partial charge in [-0.25, -0.2) is 4.33 Å². The molecule has 0 spiro atoms. The Labute approximate surface area is 270 Å². The number of rotatable bonds is 7. The molecule has 1 aliphatic heterocycles. The highest BCUT2D eigenvalue weighted by molar-refractivity contribution is 8.13. The molecule has 14 heteroatoms. The molecule has 11 nitrogen and oxygen atoms in total. The van der Waals surface area contributed by atoms with E-state index in [1.54, 1.807) is 20.1 Å². The fourth-order valence-electron chi connectivity index (χ4n) is 5.01. The average Bonchev–Trinajstić information content (AvgIpc) is 3.08. The number of hydrogen-bond acceptors (Lipinski definition) is 10. The molecule has 0 radical (unpaired) electrons. The van der Waals surface area contributed by atoms with Crippen LogP contribution in [0, 0.1) is 6.92 Å². The molecule has 0 fully saturated rings. The van der Waals surface area contributed by atoms with Crippen molar-refractivity contribution in [3.63, 3.8) is 0 Å². The summed E-state index contributed by atoms with van der Waals surface area (Å²) in [5, 5.41) is 36.5. The van der Waals surface area contributed by atoms with Crippen molar-refractivity contribution < 1.29 is 9.43 Å². The van der Waals surface area contributed by atoms with Crippen LogP contribution in [0.5, 0.6) is 0 Å². The van der Waals surface area contributed by atoms with E-state index in [0.717, 1.165) is 15.9 Å². The number of aromatic nitrogens is 3. The predicted octanol–water partition coefficient (Wildman–Crippen LogP) is 2.59. The fraction of sp³-hybridized carbons (Fsp3) is 0.194. The van der Waals surface area contributed by atoms with E-state index in [0.29, 0.717) is 22.6 Å². The first-order valence-electron chi connectivity index (χ1n) is 14.1. The van der Waals surface area contributed by atoms with Crippen LogP contribution in [0.25, 0.3) is 0 Å². The fourth-order valence-corrected chi connectivity index (χ4v) is 10.2. The third kappa shape index (κ3) is 6.15. The Morgan fingerprint density at radius 2 is 1.44 bits per heavy atom. The molecule has 1 aliphatic rings. The average molecular weight is 660 g/mol. The second kappa shape index (κ2) is 14.2. The number of amidine groups is 1. The summed E-state index contributed by atoms with van der Waals surface area (Å²) in [5.74, 6) is -0.0698. The number of nitrogens with one attached hydrogen (secondary N) is 2. The van der Waals surface area contributed by atoms with Gasteiger partial charge in [0.15, 0.2) is 0 Å². The van der Waals surface area contributed by atoms with Gasteiger partial charge >= 0.3 is 11.5 Å². The molecule has 0 saturated heterocycles. The third-order valence-electron chi connectivity index (χ3n) is 7.07. The van der Waals surface area contributed by atoms with Gasteiger partial charge in [-0.15, -0.1) is 20.0 Å². The maximum absolute atomic E-state index is 13.6. The summed E-state index contributed by atoms with van der Waals surface area (Å²) in [6.07, 6.45) is 3.64. The van der Waals surface area contributed by atoms with Crippen LogP contribution in [0.4, 0.5) is 0 Å². The van der Waals surface area contributed by atoms with Crippen molar-refractivity contribution in [2.45, 2.75) is 25.9 Å². The van der Waals surface area contributed by atoms with Crippen molar-refractivity contribution in [3.05, 3.63) is 119 Å². The summed E-state index contributed by atoms with van der Waals surface area (Å²) in [6, 6.07) is 30.8. The molecule has 0 unspecified atom stereocenters. The van der Waals surface area contributed by atoms with Gasteiger partial charge in [-0.05, 0) is 33.3 Å². The second-order valence-corrected chi connectivity index (χ2v) is 14.6. The van der Waals surface area contributed by atoms with Crippen molar-refractivity contribution in [3.8, 4) is 0 Å². The van der Waals surface area contributed by atoms with Crippen LogP contribution >= 0.6 is 30.6 Å². The number of thioether (sulfide) groups is 2. The standard InChI is InChI=1S/C31H34N9O2PS2/c1-6-38(43(24-16-10-7-11-17-24,25-18-12-8-13-19-25)26-20-14-9-15-21-26)29(36-39-27(41)22(2)32-34-30(39)44-4)37-40-28(42)23(3)33-35-31(40)45-5/h7-21H,6H2,1-5H3,(H2-,32,33,36,37,41,42). The summed E-state index contributed by atoms with van der Waals surface area (Å²) in [5.41, 5.74) is 6.22. The Morgan fingerprint density at radius 3 is 1.91 bits per heavy atom. The maximum Gasteiger partial charge on any atom is 0.433 e. The Bertz CT molecular complexity index is 1780. The molecule has 1 aromatic heterocycles. The molecule has 0 saturated carbocycles. The quantitative estimate of drug-likeness (QED) is 0.133. The van der Waals surface area contributed by atoms with E-state index in [-0.39, 0.29) is 17.5 Å². The molecule has 0 amide bonds. The number of allylic oxidation sites excluding steroid dienone is 1. The molecule has 3 aromatic carbocycles. The van der Waals surface area contributed by atoms with Crippen LogP contribution in [0.1, 0.15) is 19.5 Å². The Hall–Kier alpha value is -4.32. The van der Waals surface area contributed by atoms with Crippen LogP contribution in [-0.4, -0.2) is 54.4 Å². The lowest BCUT2D eigenvalue weighted by molar-refractivity contribution is -0.390. The Morgan fingerprint density at radius 1 is 0.911 bits per heavy atom. The lowest BCUT2D eigenvalue weighted by Gasteiger charge is -2.35. The molecule has 5 rings (SSSR count). The topological polar surface area (TPSA) is 126 Å². The lowest BCUT2D eigenvalue weighted by atomic mass is 10.4. The molecular formula is C31H34N9O2PS2. The number of hydrogen-bond donors (Lipinski definition) is 2. The van der Waals surface area contributed by atoms with Gasteiger partial charge < -0.3 is 5.11 Å². The van der Waals surface area contributed by atoms with Gasteiger partial charge in [0.05, 0.1) is 13.6 Å². The molecule has 232 valence electrons. The van der Waals surface area contributed by atoms with Crippen LogP contribution in [0.2, 0.25) is 0 Å². The molecule has 0 atom stereocenters. The van der Waals surface area contributed by atoms with Gasteiger partial charge in [0.2, 0.25) is 10.3 Å². The molecule has 45 heavy (non-hydrogen) atoms. The first-order valence-corrected chi connectivity index (χ1v) is 18.3. The van der Waals surface area contributed by atoms with Crippen LogP contribution in [-0.2, 0) is 0 Å². The minimum atomic E-state index is -2.76.